The van der Waals surface area contributed by atoms with Crippen LogP contribution >= 0.6 is 0 Å². The van der Waals surface area contributed by atoms with Crippen LogP contribution in [0, 0.1) is 5.82 Å². The highest BCUT2D eigenvalue weighted by Crippen LogP contribution is 2.19. The number of hydrogen-bond acceptors (Lipinski definition) is 3. The molecule has 1 amide bonds. The molecule has 1 aliphatic rings. The number of carboxylic acid groups (broad SMARTS) is 1. The van der Waals surface area contributed by atoms with Crippen LogP contribution in [-0.4, -0.2) is 45.7 Å². The Bertz CT molecular complexity index is 505. The molecule has 0 aromatic heterocycles. The molecule has 1 heterocycles. The number of benzene rings is 1. The zero-order chi connectivity index (χ0) is 14.0. The summed E-state index contributed by atoms with van der Waals surface area (Å²) < 4.78 is 13.0. The number of nitrogens with zero attached hydrogens (tertiary/aromatic N) is 1. The van der Waals surface area contributed by atoms with Crippen molar-refractivity contribution in [3.8, 4) is 0 Å². The number of carboxylic acids is 1. The highest BCUT2D eigenvalue weighted by Gasteiger charge is 2.38. The summed E-state index contributed by atoms with van der Waals surface area (Å²) in [5.74, 6) is -2.00. The van der Waals surface area contributed by atoms with E-state index in [0.29, 0.717) is 5.56 Å². The average Bonchev–Trinajstić information content (AvgIpc) is 2.71. The average molecular weight is 267 g/mol. The molecule has 0 saturated carbocycles. The van der Waals surface area contributed by atoms with E-state index in [1.807, 2.05) is 0 Å². The number of carbonyl (C=O) groups is 2. The van der Waals surface area contributed by atoms with E-state index in [2.05, 4.69) is 0 Å². The topological polar surface area (TPSA) is 77.8 Å². The molecule has 2 rings (SSSR count). The van der Waals surface area contributed by atoms with E-state index in [0.717, 1.165) is 4.90 Å². The van der Waals surface area contributed by atoms with Crippen molar-refractivity contribution in [2.24, 2.45) is 0 Å². The van der Waals surface area contributed by atoms with Gasteiger partial charge in [0.25, 0.3) is 0 Å². The SMILES string of the molecule is O=C(O)[C@@H]1C[C@H](O)CN1C(=O)Cc1cccc(F)c1. The monoisotopic (exact) mass is 267 g/mol. The third-order valence-corrected chi connectivity index (χ3v) is 3.13. The standard InChI is InChI=1S/C13H14FNO4/c14-9-3-1-2-8(4-9)5-12(17)15-7-10(16)6-11(15)13(18)19/h1-4,10-11,16H,5-7H2,(H,18,19)/t10-,11-/m0/s1. The summed E-state index contributed by atoms with van der Waals surface area (Å²) in [7, 11) is 0. The summed E-state index contributed by atoms with van der Waals surface area (Å²) in [5.41, 5.74) is 0.482. The molecule has 1 aliphatic heterocycles. The Kier molecular flexibility index (Phi) is 3.80. The van der Waals surface area contributed by atoms with Crippen molar-refractivity contribution in [3.63, 3.8) is 0 Å². The van der Waals surface area contributed by atoms with E-state index < -0.39 is 29.8 Å². The van der Waals surface area contributed by atoms with E-state index in [-0.39, 0.29) is 19.4 Å². The highest BCUT2D eigenvalue weighted by molar-refractivity contribution is 5.85. The molecule has 1 fully saturated rings. The molecule has 0 radical (unpaired) electrons. The van der Waals surface area contributed by atoms with Crippen molar-refractivity contribution < 1.29 is 24.2 Å². The highest BCUT2D eigenvalue weighted by atomic mass is 19.1. The number of amides is 1. The molecule has 102 valence electrons. The maximum Gasteiger partial charge on any atom is 0.326 e. The fourth-order valence-electron chi connectivity index (χ4n) is 2.25. The number of likely N-dealkylation sites (tertiary alicyclic amines) is 1. The van der Waals surface area contributed by atoms with Gasteiger partial charge in [-0.15, -0.1) is 0 Å². The van der Waals surface area contributed by atoms with Crippen LogP contribution in [-0.2, 0) is 16.0 Å². The van der Waals surface area contributed by atoms with E-state index in [4.69, 9.17) is 5.11 Å². The summed E-state index contributed by atoms with van der Waals surface area (Å²) in [4.78, 5) is 24.2. The molecule has 6 heteroatoms. The van der Waals surface area contributed by atoms with Gasteiger partial charge in [0.15, 0.2) is 0 Å². The first-order valence-corrected chi connectivity index (χ1v) is 5.92. The lowest BCUT2D eigenvalue weighted by Gasteiger charge is -2.21. The minimum atomic E-state index is -1.14. The predicted molar refractivity (Wildman–Crippen MR) is 63.9 cm³/mol. The van der Waals surface area contributed by atoms with E-state index >= 15 is 0 Å². The first-order valence-electron chi connectivity index (χ1n) is 5.92. The molecule has 5 nitrogen and oxygen atoms in total. The van der Waals surface area contributed by atoms with Gasteiger partial charge >= 0.3 is 5.97 Å². The van der Waals surface area contributed by atoms with Crippen molar-refractivity contribution in [1.82, 2.24) is 4.90 Å². The number of rotatable bonds is 3. The third-order valence-electron chi connectivity index (χ3n) is 3.13. The Morgan fingerprint density at radius 2 is 2.16 bits per heavy atom. The van der Waals surface area contributed by atoms with E-state index in [1.165, 1.54) is 18.2 Å². The molecule has 0 unspecified atom stereocenters. The second-order valence-corrected chi connectivity index (χ2v) is 4.60. The van der Waals surface area contributed by atoms with Gasteiger partial charge in [-0.25, -0.2) is 9.18 Å². The minimum Gasteiger partial charge on any atom is -0.480 e. The molecular formula is C13H14FNO4. The molecule has 1 aromatic rings. The van der Waals surface area contributed by atoms with E-state index in [9.17, 15) is 19.1 Å². The van der Waals surface area contributed by atoms with Crippen molar-refractivity contribution in [1.29, 1.82) is 0 Å². The first-order chi connectivity index (χ1) is 8.97. The van der Waals surface area contributed by atoms with Crippen LogP contribution in [0.1, 0.15) is 12.0 Å². The molecule has 1 saturated heterocycles. The lowest BCUT2D eigenvalue weighted by atomic mass is 10.1. The number of halogens is 1. The fourth-order valence-corrected chi connectivity index (χ4v) is 2.25. The number of aliphatic carboxylic acids is 1. The summed E-state index contributed by atoms with van der Waals surface area (Å²) in [5, 5.41) is 18.5. The maximum atomic E-state index is 13.0. The maximum absolute atomic E-state index is 13.0. The van der Waals surface area contributed by atoms with Crippen molar-refractivity contribution >= 4 is 11.9 Å². The van der Waals surface area contributed by atoms with Gasteiger partial charge in [-0.2, -0.15) is 0 Å². The number of β-amino-alcohol motifs (C(OH)–C–C–N with tert-alkyl or cyclic N) is 1. The van der Waals surface area contributed by atoms with Crippen LogP contribution in [0.15, 0.2) is 24.3 Å². The number of carbonyl (C=O) groups excluding carboxylic acids is 1. The zero-order valence-corrected chi connectivity index (χ0v) is 10.1. The molecule has 0 aliphatic carbocycles. The Morgan fingerprint density at radius 3 is 2.79 bits per heavy atom. The largest absolute Gasteiger partial charge is 0.480 e. The Morgan fingerprint density at radius 1 is 1.42 bits per heavy atom. The first kappa shape index (κ1) is 13.5. The van der Waals surface area contributed by atoms with Gasteiger partial charge < -0.3 is 15.1 Å². The Balaban J connectivity index is 2.09. The fraction of sp³-hybridized carbons (Fsp3) is 0.385. The van der Waals surface area contributed by atoms with Crippen molar-refractivity contribution in [2.75, 3.05) is 6.54 Å². The van der Waals surface area contributed by atoms with Gasteiger partial charge in [0.05, 0.1) is 12.5 Å². The summed E-state index contributed by atoms with van der Waals surface area (Å²) in [6, 6.07) is 4.60. The second-order valence-electron chi connectivity index (χ2n) is 4.60. The van der Waals surface area contributed by atoms with Crippen LogP contribution in [0.5, 0.6) is 0 Å². The summed E-state index contributed by atoms with van der Waals surface area (Å²) in [6.45, 7) is 0.00508. The van der Waals surface area contributed by atoms with Gasteiger partial charge in [-0.3, -0.25) is 4.79 Å². The van der Waals surface area contributed by atoms with E-state index in [1.54, 1.807) is 6.07 Å². The molecule has 0 bridgehead atoms. The molecule has 2 atom stereocenters. The Hall–Kier alpha value is -1.95. The Labute approximate surface area is 109 Å². The minimum absolute atomic E-state index is 0.00508. The van der Waals surface area contributed by atoms with Gasteiger partial charge in [0.1, 0.15) is 11.9 Å². The van der Waals surface area contributed by atoms with Gasteiger partial charge in [0, 0.05) is 13.0 Å². The third kappa shape index (κ3) is 3.08. The van der Waals surface area contributed by atoms with Crippen LogP contribution in [0.25, 0.3) is 0 Å². The van der Waals surface area contributed by atoms with Crippen molar-refractivity contribution in [3.05, 3.63) is 35.6 Å². The van der Waals surface area contributed by atoms with Crippen LogP contribution in [0.4, 0.5) is 4.39 Å². The normalized spacial score (nSPS) is 22.5. The predicted octanol–water partition coefficient (Wildman–Crippen LogP) is 0.415. The number of aliphatic hydroxyl groups excluding tert-OH is 1. The molecular weight excluding hydrogens is 253 g/mol. The van der Waals surface area contributed by atoms with Crippen LogP contribution < -0.4 is 0 Å². The van der Waals surface area contributed by atoms with Gasteiger partial charge in [-0.1, -0.05) is 12.1 Å². The summed E-state index contributed by atoms with van der Waals surface area (Å²) >= 11 is 0. The zero-order valence-electron chi connectivity index (χ0n) is 10.1. The van der Waals surface area contributed by atoms with Crippen LogP contribution in [0.2, 0.25) is 0 Å². The van der Waals surface area contributed by atoms with Crippen molar-refractivity contribution in [2.45, 2.75) is 25.0 Å². The van der Waals surface area contributed by atoms with Gasteiger partial charge in [0.2, 0.25) is 5.91 Å². The molecule has 0 spiro atoms. The lowest BCUT2D eigenvalue weighted by Crippen LogP contribution is -2.41. The molecule has 2 N–H and O–H groups in total. The number of hydrogen-bond donors (Lipinski definition) is 2. The quantitative estimate of drug-likeness (QED) is 0.831. The lowest BCUT2D eigenvalue weighted by molar-refractivity contribution is -0.148. The van der Waals surface area contributed by atoms with Crippen LogP contribution in [0.3, 0.4) is 0 Å². The smallest absolute Gasteiger partial charge is 0.326 e. The van der Waals surface area contributed by atoms with Gasteiger partial charge in [-0.05, 0) is 17.7 Å². The number of aliphatic hydroxyl groups is 1. The molecule has 19 heavy (non-hydrogen) atoms. The molecule has 1 aromatic carbocycles. The summed E-state index contributed by atoms with van der Waals surface area (Å²) in [6.07, 6.45) is -0.865. The second kappa shape index (κ2) is 5.36.